The fraction of sp³-hybridized carbons (Fsp3) is 1.00. The Labute approximate surface area is 70.3 Å². The van der Waals surface area contributed by atoms with E-state index in [-0.39, 0.29) is 0 Å². The summed E-state index contributed by atoms with van der Waals surface area (Å²) in [5, 5.41) is 0. The summed E-state index contributed by atoms with van der Waals surface area (Å²) in [4.78, 5) is 2.52. The van der Waals surface area contributed by atoms with Crippen molar-refractivity contribution in [3.05, 3.63) is 0 Å². The van der Waals surface area contributed by atoms with Gasteiger partial charge in [-0.2, -0.15) is 0 Å². The molecular formula is C9H18BN. The molecule has 2 heteroatoms. The SMILES string of the molecule is CB1C(C2CCCCC2)N1C. The third kappa shape index (κ3) is 1.33. The zero-order chi connectivity index (χ0) is 7.84. The molecule has 0 aromatic rings. The van der Waals surface area contributed by atoms with Crippen LogP contribution in [-0.2, 0) is 0 Å². The van der Waals surface area contributed by atoms with E-state index in [0.29, 0.717) is 0 Å². The summed E-state index contributed by atoms with van der Waals surface area (Å²) >= 11 is 0. The smallest absolute Gasteiger partial charge is 0.236 e. The van der Waals surface area contributed by atoms with Gasteiger partial charge >= 0.3 is 0 Å². The lowest BCUT2D eigenvalue weighted by Crippen LogP contribution is -2.16. The summed E-state index contributed by atoms with van der Waals surface area (Å²) in [5.74, 6) is 2.00. The van der Waals surface area contributed by atoms with Crippen molar-refractivity contribution in [2.75, 3.05) is 7.05 Å². The first-order valence-electron chi connectivity index (χ1n) is 5.02. The van der Waals surface area contributed by atoms with Gasteiger partial charge in [0.25, 0.3) is 0 Å². The lowest BCUT2D eigenvalue weighted by atomic mass is 9.67. The van der Waals surface area contributed by atoms with Crippen molar-refractivity contribution in [1.82, 2.24) is 4.81 Å². The van der Waals surface area contributed by atoms with Crippen LogP contribution < -0.4 is 0 Å². The predicted molar refractivity (Wildman–Crippen MR) is 49.7 cm³/mol. The monoisotopic (exact) mass is 151 g/mol. The molecule has 0 radical (unpaired) electrons. The highest BCUT2D eigenvalue weighted by molar-refractivity contribution is 6.66. The van der Waals surface area contributed by atoms with E-state index in [1.54, 1.807) is 0 Å². The molecule has 2 rings (SSSR count). The normalized spacial score (nSPS) is 39.3. The molecule has 0 N–H and O–H groups in total. The highest BCUT2D eigenvalue weighted by atomic mass is 15.2. The molecule has 1 saturated carbocycles. The maximum absolute atomic E-state index is 2.52. The van der Waals surface area contributed by atoms with Gasteiger partial charge in [0.1, 0.15) is 0 Å². The number of hydrogen-bond acceptors (Lipinski definition) is 1. The summed E-state index contributed by atoms with van der Waals surface area (Å²) in [5.41, 5.74) is 0. The molecule has 11 heavy (non-hydrogen) atoms. The number of hydrogen-bond donors (Lipinski definition) is 0. The van der Waals surface area contributed by atoms with E-state index in [4.69, 9.17) is 0 Å². The van der Waals surface area contributed by atoms with Gasteiger partial charge in [-0.25, -0.2) is 0 Å². The molecule has 1 aliphatic heterocycles. The second-order valence-corrected chi connectivity index (χ2v) is 4.29. The Kier molecular flexibility index (Phi) is 1.96. The fourth-order valence-corrected chi connectivity index (χ4v) is 2.73. The third-order valence-electron chi connectivity index (χ3n) is 3.65. The van der Waals surface area contributed by atoms with Crippen molar-refractivity contribution < 1.29 is 0 Å². The lowest BCUT2D eigenvalue weighted by Gasteiger charge is -2.21. The highest BCUT2D eigenvalue weighted by Gasteiger charge is 2.48. The molecule has 2 unspecified atom stereocenters. The van der Waals surface area contributed by atoms with Gasteiger partial charge in [0.05, 0.1) is 0 Å². The van der Waals surface area contributed by atoms with Crippen LogP contribution >= 0.6 is 0 Å². The van der Waals surface area contributed by atoms with Crippen molar-refractivity contribution in [2.45, 2.75) is 44.9 Å². The minimum absolute atomic E-state index is 0.887. The largest absolute Gasteiger partial charge is 0.346 e. The van der Waals surface area contributed by atoms with E-state index in [0.717, 1.165) is 18.7 Å². The maximum atomic E-state index is 2.52. The van der Waals surface area contributed by atoms with E-state index >= 15 is 0 Å². The molecule has 2 aliphatic rings. The number of nitrogens with zero attached hydrogens (tertiary/aromatic N) is 1. The van der Waals surface area contributed by atoms with Gasteiger partial charge in [-0.05, 0) is 31.7 Å². The Morgan fingerprint density at radius 3 is 2.18 bits per heavy atom. The molecule has 0 amide bonds. The van der Waals surface area contributed by atoms with Crippen molar-refractivity contribution in [2.24, 2.45) is 5.92 Å². The van der Waals surface area contributed by atoms with Crippen LogP contribution in [0.15, 0.2) is 0 Å². The molecular weight excluding hydrogens is 133 g/mol. The summed E-state index contributed by atoms with van der Waals surface area (Å²) in [6.07, 6.45) is 7.46. The van der Waals surface area contributed by atoms with Crippen LogP contribution in [0.2, 0.25) is 6.82 Å². The molecule has 1 aliphatic carbocycles. The molecule has 0 bridgehead atoms. The second kappa shape index (κ2) is 2.82. The molecule has 1 heterocycles. The average Bonchev–Trinajstić information content (AvgIpc) is 2.62. The summed E-state index contributed by atoms with van der Waals surface area (Å²) in [6.45, 7) is 3.25. The second-order valence-electron chi connectivity index (χ2n) is 4.29. The van der Waals surface area contributed by atoms with Crippen molar-refractivity contribution in [3.8, 4) is 0 Å². The zero-order valence-electron chi connectivity index (χ0n) is 7.71. The van der Waals surface area contributed by atoms with E-state index in [2.05, 4.69) is 18.7 Å². The average molecular weight is 151 g/mol. The Balaban J connectivity index is 1.85. The summed E-state index contributed by atoms with van der Waals surface area (Å²) < 4.78 is 0. The number of rotatable bonds is 1. The molecule has 1 saturated heterocycles. The third-order valence-corrected chi connectivity index (χ3v) is 3.65. The van der Waals surface area contributed by atoms with Gasteiger partial charge in [0, 0.05) is 0 Å². The molecule has 0 spiro atoms. The standard InChI is InChI=1S/C9H18BN/c1-10-9(11(10)2)8-6-4-3-5-7-8/h8-9H,3-7H2,1-2H3. The van der Waals surface area contributed by atoms with Crippen molar-refractivity contribution >= 4 is 6.85 Å². The zero-order valence-corrected chi connectivity index (χ0v) is 7.71. The van der Waals surface area contributed by atoms with Crippen LogP contribution in [0, 0.1) is 5.92 Å². The Bertz CT molecular complexity index is 134. The first-order chi connectivity index (χ1) is 5.30. The predicted octanol–water partition coefficient (Wildman–Crippen LogP) is 2.04. The van der Waals surface area contributed by atoms with E-state index < -0.39 is 0 Å². The summed E-state index contributed by atoms with van der Waals surface area (Å²) in [7, 11) is 2.27. The highest BCUT2D eigenvalue weighted by Crippen LogP contribution is 2.37. The van der Waals surface area contributed by atoms with Crippen LogP contribution in [0.5, 0.6) is 0 Å². The molecule has 0 aromatic heterocycles. The minimum atomic E-state index is 0.887. The Morgan fingerprint density at radius 2 is 1.73 bits per heavy atom. The van der Waals surface area contributed by atoms with E-state index in [1.807, 2.05) is 0 Å². The van der Waals surface area contributed by atoms with E-state index in [1.165, 1.54) is 32.1 Å². The molecule has 1 nitrogen and oxygen atoms in total. The van der Waals surface area contributed by atoms with Crippen LogP contribution in [0.25, 0.3) is 0 Å². The van der Waals surface area contributed by atoms with Gasteiger partial charge in [0.2, 0.25) is 6.85 Å². The van der Waals surface area contributed by atoms with Crippen LogP contribution in [0.1, 0.15) is 32.1 Å². The van der Waals surface area contributed by atoms with Crippen molar-refractivity contribution in [3.63, 3.8) is 0 Å². The quantitative estimate of drug-likeness (QED) is 0.409. The Hall–Kier alpha value is 0.0249. The topological polar surface area (TPSA) is 3.01 Å². The molecule has 0 aromatic carbocycles. The fourth-order valence-electron chi connectivity index (χ4n) is 2.73. The maximum Gasteiger partial charge on any atom is 0.236 e. The minimum Gasteiger partial charge on any atom is -0.346 e. The Morgan fingerprint density at radius 1 is 1.18 bits per heavy atom. The first-order valence-corrected chi connectivity index (χ1v) is 5.02. The van der Waals surface area contributed by atoms with Gasteiger partial charge in [-0.1, -0.05) is 26.1 Å². The lowest BCUT2D eigenvalue weighted by molar-refractivity contribution is 0.325. The molecule has 2 atom stereocenters. The van der Waals surface area contributed by atoms with Gasteiger partial charge in [-0.15, -0.1) is 0 Å². The first kappa shape index (κ1) is 7.66. The molecule has 62 valence electrons. The molecule has 2 fully saturated rings. The van der Waals surface area contributed by atoms with Gasteiger partial charge in [0.15, 0.2) is 0 Å². The van der Waals surface area contributed by atoms with Crippen molar-refractivity contribution in [1.29, 1.82) is 0 Å². The summed E-state index contributed by atoms with van der Waals surface area (Å²) in [6, 6.07) is 0. The van der Waals surface area contributed by atoms with Gasteiger partial charge in [-0.3, -0.25) is 0 Å². The van der Waals surface area contributed by atoms with E-state index in [9.17, 15) is 0 Å². The van der Waals surface area contributed by atoms with Crippen LogP contribution in [0.4, 0.5) is 0 Å². The van der Waals surface area contributed by atoms with Gasteiger partial charge < -0.3 is 4.81 Å². The van der Waals surface area contributed by atoms with Crippen LogP contribution in [-0.4, -0.2) is 24.6 Å². The van der Waals surface area contributed by atoms with Crippen LogP contribution in [0.3, 0.4) is 0 Å².